The van der Waals surface area contributed by atoms with Crippen LogP contribution in [0.5, 0.6) is 0 Å². The lowest BCUT2D eigenvalue weighted by Crippen LogP contribution is -2.60. The molecule has 184 valence electrons. The van der Waals surface area contributed by atoms with Gasteiger partial charge in [-0.3, -0.25) is 4.79 Å². The third-order valence-electron chi connectivity index (χ3n) is 10.9. The van der Waals surface area contributed by atoms with Gasteiger partial charge in [-0.15, -0.1) is 0 Å². The van der Waals surface area contributed by atoms with Gasteiger partial charge in [0.05, 0.1) is 23.9 Å². The topological polar surface area (TPSA) is 98.0 Å². The molecule has 0 saturated heterocycles. The fraction of sp³-hybridized carbons (Fsp3) is 0.963. The zero-order chi connectivity index (χ0) is 23.6. The van der Waals surface area contributed by atoms with E-state index in [2.05, 4.69) is 27.7 Å². The normalized spacial score (nSPS) is 49.2. The van der Waals surface area contributed by atoms with E-state index in [0.29, 0.717) is 43.4 Å². The molecule has 0 aromatic rings. The molecule has 32 heavy (non-hydrogen) atoms. The van der Waals surface area contributed by atoms with Crippen LogP contribution in [0.4, 0.5) is 0 Å². The second-order valence-corrected chi connectivity index (χ2v) is 13.1. The number of ketones is 1. The second kappa shape index (κ2) is 8.32. The van der Waals surface area contributed by atoms with Crippen molar-refractivity contribution in [2.75, 3.05) is 0 Å². The molecule has 0 unspecified atom stereocenters. The van der Waals surface area contributed by atoms with Crippen molar-refractivity contribution in [1.82, 2.24) is 0 Å². The van der Waals surface area contributed by atoms with E-state index in [-0.39, 0.29) is 34.4 Å². The number of fused-ring (bicyclic) bond motifs is 5. The van der Waals surface area contributed by atoms with Gasteiger partial charge < -0.3 is 20.4 Å². The number of carbonyl (C=O) groups excluding carboxylic acids is 1. The molecule has 0 aromatic heterocycles. The Morgan fingerprint density at radius 1 is 1.03 bits per heavy atom. The van der Waals surface area contributed by atoms with E-state index < -0.39 is 23.9 Å². The number of carbonyl (C=O) groups is 1. The minimum Gasteiger partial charge on any atom is -0.390 e. The molecule has 4 fully saturated rings. The summed E-state index contributed by atoms with van der Waals surface area (Å²) in [6, 6.07) is 0. The van der Waals surface area contributed by atoms with Gasteiger partial charge in [-0.05, 0) is 98.7 Å². The Morgan fingerprint density at radius 2 is 1.69 bits per heavy atom. The monoisotopic (exact) mass is 450 g/mol. The summed E-state index contributed by atoms with van der Waals surface area (Å²) in [5.41, 5.74) is -1.46. The van der Waals surface area contributed by atoms with Crippen molar-refractivity contribution in [3.63, 3.8) is 0 Å². The zero-order valence-electron chi connectivity index (χ0n) is 20.8. The smallest absolute Gasteiger partial charge is 0.136 e. The summed E-state index contributed by atoms with van der Waals surface area (Å²) < 4.78 is 0. The van der Waals surface area contributed by atoms with Gasteiger partial charge in [-0.1, -0.05) is 27.7 Å². The van der Waals surface area contributed by atoms with Gasteiger partial charge in [0.2, 0.25) is 0 Å². The summed E-state index contributed by atoms with van der Waals surface area (Å²) in [6.07, 6.45) is 4.59. The number of hydrogen-bond acceptors (Lipinski definition) is 5. The lowest BCUT2D eigenvalue weighted by molar-refractivity contribution is -0.183. The summed E-state index contributed by atoms with van der Waals surface area (Å²) in [5.74, 6) is 1.65. The average Bonchev–Trinajstić information content (AvgIpc) is 3.06. The van der Waals surface area contributed by atoms with E-state index >= 15 is 0 Å². The number of hydrogen-bond donors (Lipinski definition) is 4. The molecule has 0 bridgehead atoms. The molecule has 0 aliphatic heterocycles. The maximum absolute atomic E-state index is 13.3. The minimum absolute atomic E-state index is 0.0301. The number of rotatable bonds is 5. The van der Waals surface area contributed by atoms with Gasteiger partial charge in [0.25, 0.3) is 0 Å². The Hall–Kier alpha value is -0.490. The lowest BCUT2D eigenvalue weighted by Gasteiger charge is -2.61. The minimum atomic E-state index is -1.12. The van der Waals surface area contributed by atoms with Gasteiger partial charge in [0.1, 0.15) is 5.78 Å². The predicted molar refractivity (Wildman–Crippen MR) is 124 cm³/mol. The largest absolute Gasteiger partial charge is 0.390 e. The van der Waals surface area contributed by atoms with E-state index in [9.17, 15) is 25.2 Å². The highest BCUT2D eigenvalue weighted by atomic mass is 16.3. The fourth-order valence-electron chi connectivity index (χ4n) is 9.05. The number of aliphatic hydroxyl groups is 4. The van der Waals surface area contributed by atoms with Gasteiger partial charge in [-0.25, -0.2) is 0 Å². The third kappa shape index (κ3) is 3.70. The first-order chi connectivity index (χ1) is 14.8. The molecule has 4 N–H and O–H groups in total. The highest BCUT2D eigenvalue weighted by molar-refractivity contribution is 5.83. The summed E-state index contributed by atoms with van der Waals surface area (Å²) in [4.78, 5) is 13.3. The Kier molecular flexibility index (Phi) is 6.40. The summed E-state index contributed by atoms with van der Waals surface area (Å²) >= 11 is 0. The Morgan fingerprint density at radius 3 is 2.34 bits per heavy atom. The van der Waals surface area contributed by atoms with Gasteiger partial charge in [-0.2, -0.15) is 0 Å². The second-order valence-electron chi connectivity index (χ2n) is 13.1. The van der Waals surface area contributed by atoms with Crippen LogP contribution < -0.4 is 0 Å². The summed E-state index contributed by atoms with van der Waals surface area (Å²) in [5, 5.41) is 43.2. The maximum atomic E-state index is 13.3. The van der Waals surface area contributed by atoms with Crippen LogP contribution in [0.2, 0.25) is 0 Å². The number of Topliss-reactive ketones (excluding diaryl/α,β-unsaturated/α-hetero) is 1. The molecular weight excluding hydrogens is 404 g/mol. The zero-order valence-corrected chi connectivity index (χ0v) is 20.8. The van der Waals surface area contributed by atoms with Gasteiger partial charge in [0, 0.05) is 12.3 Å². The van der Waals surface area contributed by atoms with Crippen molar-refractivity contribution in [1.29, 1.82) is 0 Å². The highest BCUT2D eigenvalue weighted by Crippen LogP contribution is 2.68. The third-order valence-corrected chi connectivity index (χ3v) is 10.9. The molecule has 0 radical (unpaired) electrons. The fourth-order valence-corrected chi connectivity index (χ4v) is 9.05. The standard InChI is InChI=1S/C27H46O5/c1-15(2)6-9-24(31)27(5,32)23-8-7-17-16-12-20(28)19-13-21(29)22(30)14-26(19,4)18(16)10-11-25(17,23)3/h15-19,21-24,29-32H,6-14H2,1-5H3/t16-,17-,18-,19-,21+,22-,23-,24+,25-,26+,27+/m0/s1. The highest BCUT2D eigenvalue weighted by Gasteiger charge is 2.65. The lowest BCUT2D eigenvalue weighted by atomic mass is 9.43. The Bertz CT molecular complexity index is 719. The first kappa shape index (κ1) is 24.6. The first-order valence-corrected chi connectivity index (χ1v) is 13.1. The van der Waals surface area contributed by atoms with Crippen LogP contribution >= 0.6 is 0 Å². The average molecular weight is 451 g/mol. The van der Waals surface area contributed by atoms with Crippen LogP contribution in [0.25, 0.3) is 0 Å². The van der Waals surface area contributed by atoms with E-state index in [1.54, 1.807) is 0 Å². The molecule has 11 atom stereocenters. The van der Waals surface area contributed by atoms with Crippen LogP contribution in [0, 0.1) is 46.3 Å². The number of aliphatic hydroxyl groups excluding tert-OH is 3. The maximum Gasteiger partial charge on any atom is 0.136 e. The van der Waals surface area contributed by atoms with Crippen molar-refractivity contribution in [3.8, 4) is 0 Å². The van der Waals surface area contributed by atoms with Crippen molar-refractivity contribution in [3.05, 3.63) is 0 Å². The molecule has 0 heterocycles. The van der Waals surface area contributed by atoms with Crippen molar-refractivity contribution in [2.24, 2.45) is 46.3 Å². The van der Waals surface area contributed by atoms with Gasteiger partial charge in [0.15, 0.2) is 0 Å². The van der Waals surface area contributed by atoms with Crippen LogP contribution in [-0.2, 0) is 4.79 Å². The summed E-state index contributed by atoms with van der Waals surface area (Å²) in [7, 11) is 0. The van der Waals surface area contributed by atoms with Crippen molar-refractivity contribution < 1.29 is 25.2 Å². The molecule has 4 saturated carbocycles. The SMILES string of the molecule is CC(C)CC[C@@H](O)[C@](C)(O)[C@H]1CC[C@H]2[C@@H]3CC(=O)[C@@H]4C[C@@H](O)[C@@H](O)C[C@]4(C)[C@H]3CC[C@]12C. The van der Waals surface area contributed by atoms with Crippen LogP contribution in [0.3, 0.4) is 0 Å². The van der Waals surface area contributed by atoms with Crippen LogP contribution in [-0.4, -0.2) is 50.1 Å². The van der Waals surface area contributed by atoms with Gasteiger partial charge >= 0.3 is 0 Å². The molecule has 4 rings (SSSR count). The molecule has 5 nitrogen and oxygen atoms in total. The molecule has 5 heteroatoms. The Labute approximate surface area is 194 Å². The van der Waals surface area contributed by atoms with Crippen LogP contribution in [0.1, 0.15) is 92.4 Å². The molecule has 4 aliphatic rings. The van der Waals surface area contributed by atoms with E-state index in [1.807, 2.05) is 6.92 Å². The first-order valence-electron chi connectivity index (χ1n) is 13.1. The predicted octanol–water partition coefficient (Wildman–Crippen LogP) is 3.70. The molecule has 0 aromatic carbocycles. The molecule has 0 spiro atoms. The van der Waals surface area contributed by atoms with Crippen molar-refractivity contribution in [2.45, 2.75) is 116 Å². The van der Waals surface area contributed by atoms with E-state index in [1.165, 1.54) is 0 Å². The van der Waals surface area contributed by atoms with E-state index in [4.69, 9.17) is 0 Å². The summed E-state index contributed by atoms with van der Waals surface area (Å²) in [6.45, 7) is 10.6. The quantitative estimate of drug-likeness (QED) is 0.512. The molecular formula is C27H46O5. The van der Waals surface area contributed by atoms with E-state index in [0.717, 1.165) is 32.1 Å². The molecule has 4 aliphatic carbocycles. The molecule has 0 amide bonds. The van der Waals surface area contributed by atoms with Crippen molar-refractivity contribution >= 4 is 5.78 Å². The van der Waals surface area contributed by atoms with Crippen LogP contribution in [0.15, 0.2) is 0 Å². The Balaban J connectivity index is 1.58.